The second-order valence-corrected chi connectivity index (χ2v) is 5.98. The summed E-state index contributed by atoms with van der Waals surface area (Å²) in [6.45, 7) is 2.02. The van der Waals surface area contributed by atoms with Crippen molar-refractivity contribution in [2.45, 2.75) is 57.9 Å². The van der Waals surface area contributed by atoms with Crippen LogP contribution in [0.25, 0.3) is 0 Å². The fourth-order valence-corrected chi connectivity index (χ4v) is 2.93. The molecule has 0 radical (unpaired) electrons. The first-order valence-electron chi connectivity index (χ1n) is 6.85. The van der Waals surface area contributed by atoms with Crippen LogP contribution in [0.15, 0.2) is 10.7 Å². The fraction of sp³-hybridized carbons (Fsp3) is 0.643. The minimum Gasteiger partial charge on any atom is -0.397 e. The lowest BCUT2D eigenvalue weighted by Crippen LogP contribution is -2.21. The van der Waals surface area contributed by atoms with Crippen molar-refractivity contribution < 1.29 is 0 Å². The van der Waals surface area contributed by atoms with Gasteiger partial charge in [0.15, 0.2) is 0 Å². The van der Waals surface area contributed by atoms with Gasteiger partial charge in [-0.3, -0.25) is 0 Å². The Labute approximate surface area is 118 Å². The Morgan fingerprint density at radius 3 is 2.50 bits per heavy atom. The van der Waals surface area contributed by atoms with Gasteiger partial charge in [0.2, 0.25) is 0 Å². The summed E-state index contributed by atoms with van der Waals surface area (Å²) in [7, 11) is 0. The number of halogens is 1. The molecule has 4 heteroatoms. The lowest BCUT2D eigenvalue weighted by atomic mass is 9.97. The maximum atomic E-state index is 5.85. The summed E-state index contributed by atoms with van der Waals surface area (Å²) in [5.41, 5.74) is 7.66. The molecule has 18 heavy (non-hydrogen) atoms. The predicted octanol–water partition coefficient (Wildman–Crippen LogP) is 4.26. The minimum absolute atomic E-state index is 0.553. The SMILES string of the molecule is Cc1c(N)cnc(NC2CCCCCCC2)c1Br. The molecule has 0 bridgehead atoms. The van der Waals surface area contributed by atoms with E-state index < -0.39 is 0 Å². The Balaban J connectivity index is 2.05. The second-order valence-electron chi connectivity index (χ2n) is 5.19. The van der Waals surface area contributed by atoms with Crippen molar-refractivity contribution in [3.8, 4) is 0 Å². The van der Waals surface area contributed by atoms with Crippen molar-refractivity contribution in [1.82, 2.24) is 4.98 Å². The number of rotatable bonds is 2. The number of anilines is 2. The number of nitrogens with zero attached hydrogens (tertiary/aromatic N) is 1. The first kappa shape index (κ1) is 13.7. The van der Waals surface area contributed by atoms with Crippen molar-refractivity contribution in [3.05, 3.63) is 16.2 Å². The molecule has 0 unspecified atom stereocenters. The monoisotopic (exact) mass is 311 g/mol. The molecule has 1 heterocycles. The van der Waals surface area contributed by atoms with E-state index in [2.05, 4.69) is 26.2 Å². The van der Waals surface area contributed by atoms with Crippen LogP contribution in [0.1, 0.15) is 50.5 Å². The molecule has 1 fully saturated rings. The number of nitrogen functional groups attached to an aromatic ring is 1. The van der Waals surface area contributed by atoms with Crippen LogP contribution in [0.3, 0.4) is 0 Å². The molecular formula is C14H22BrN3. The van der Waals surface area contributed by atoms with E-state index in [9.17, 15) is 0 Å². The summed E-state index contributed by atoms with van der Waals surface area (Å²) in [4.78, 5) is 4.40. The topological polar surface area (TPSA) is 50.9 Å². The van der Waals surface area contributed by atoms with Gasteiger partial charge >= 0.3 is 0 Å². The first-order chi connectivity index (χ1) is 8.68. The van der Waals surface area contributed by atoms with E-state index in [-0.39, 0.29) is 0 Å². The van der Waals surface area contributed by atoms with Gasteiger partial charge in [0.25, 0.3) is 0 Å². The molecule has 0 saturated heterocycles. The highest BCUT2D eigenvalue weighted by Gasteiger charge is 2.14. The van der Waals surface area contributed by atoms with E-state index in [1.165, 1.54) is 44.9 Å². The van der Waals surface area contributed by atoms with Crippen LogP contribution in [-0.2, 0) is 0 Å². The Bertz CT molecular complexity index is 398. The standard InChI is InChI=1S/C14H22BrN3/c1-10-12(16)9-17-14(13(10)15)18-11-7-5-3-2-4-6-8-11/h9,11H,2-8,16H2,1H3,(H,17,18). The molecule has 1 aliphatic carbocycles. The Hall–Kier alpha value is -0.770. The van der Waals surface area contributed by atoms with Crippen LogP contribution in [0.5, 0.6) is 0 Å². The van der Waals surface area contributed by atoms with Crippen LogP contribution < -0.4 is 11.1 Å². The van der Waals surface area contributed by atoms with Gasteiger partial charge in [-0.2, -0.15) is 0 Å². The highest BCUT2D eigenvalue weighted by Crippen LogP contribution is 2.29. The zero-order valence-electron chi connectivity index (χ0n) is 11.0. The second kappa shape index (κ2) is 6.41. The third-order valence-electron chi connectivity index (χ3n) is 3.75. The van der Waals surface area contributed by atoms with E-state index in [4.69, 9.17) is 5.73 Å². The third-order valence-corrected chi connectivity index (χ3v) is 4.72. The van der Waals surface area contributed by atoms with Crippen LogP contribution in [-0.4, -0.2) is 11.0 Å². The molecule has 0 atom stereocenters. The first-order valence-corrected chi connectivity index (χ1v) is 7.65. The van der Waals surface area contributed by atoms with Gasteiger partial charge in [-0.1, -0.05) is 32.1 Å². The van der Waals surface area contributed by atoms with Crippen LogP contribution in [0, 0.1) is 6.92 Å². The maximum absolute atomic E-state index is 5.85. The van der Waals surface area contributed by atoms with Gasteiger partial charge in [0.1, 0.15) is 5.82 Å². The van der Waals surface area contributed by atoms with Crippen LogP contribution in [0.4, 0.5) is 11.5 Å². The molecule has 3 nitrogen and oxygen atoms in total. The van der Waals surface area contributed by atoms with Crippen molar-refractivity contribution in [3.63, 3.8) is 0 Å². The summed E-state index contributed by atoms with van der Waals surface area (Å²) < 4.78 is 1.00. The zero-order chi connectivity index (χ0) is 13.0. The molecule has 0 aliphatic heterocycles. The Morgan fingerprint density at radius 1 is 1.22 bits per heavy atom. The van der Waals surface area contributed by atoms with Crippen LogP contribution in [0.2, 0.25) is 0 Å². The van der Waals surface area contributed by atoms with Gasteiger partial charge in [-0.25, -0.2) is 4.98 Å². The van der Waals surface area contributed by atoms with Gasteiger partial charge in [-0.05, 0) is 41.3 Å². The average molecular weight is 312 g/mol. The molecule has 1 aromatic rings. The van der Waals surface area contributed by atoms with Gasteiger partial charge in [0.05, 0.1) is 16.4 Å². The van der Waals surface area contributed by atoms with Gasteiger partial charge in [0, 0.05) is 6.04 Å². The summed E-state index contributed by atoms with van der Waals surface area (Å²) in [6, 6.07) is 0.553. The molecule has 2 rings (SSSR count). The minimum atomic E-state index is 0.553. The third kappa shape index (κ3) is 3.37. The predicted molar refractivity (Wildman–Crippen MR) is 80.8 cm³/mol. The molecule has 0 amide bonds. The summed E-state index contributed by atoms with van der Waals surface area (Å²) in [5.74, 6) is 0.937. The molecule has 100 valence electrons. The molecule has 0 aromatic carbocycles. The number of aromatic nitrogens is 1. The highest BCUT2D eigenvalue weighted by atomic mass is 79.9. The fourth-order valence-electron chi connectivity index (χ4n) is 2.49. The Morgan fingerprint density at radius 2 is 1.83 bits per heavy atom. The van der Waals surface area contributed by atoms with Gasteiger partial charge in [-0.15, -0.1) is 0 Å². The molecule has 3 N–H and O–H groups in total. The van der Waals surface area contributed by atoms with Crippen molar-refractivity contribution in [2.75, 3.05) is 11.1 Å². The summed E-state index contributed by atoms with van der Waals surface area (Å²) >= 11 is 3.59. The largest absolute Gasteiger partial charge is 0.397 e. The van der Waals surface area contributed by atoms with E-state index in [0.29, 0.717) is 6.04 Å². The number of pyridine rings is 1. The lowest BCUT2D eigenvalue weighted by molar-refractivity contribution is 0.470. The van der Waals surface area contributed by atoms with E-state index >= 15 is 0 Å². The lowest BCUT2D eigenvalue weighted by Gasteiger charge is -2.22. The number of nitrogens with two attached hydrogens (primary N) is 1. The Kier molecular flexibility index (Phi) is 4.87. The smallest absolute Gasteiger partial charge is 0.140 e. The number of hydrogen-bond acceptors (Lipinski definition) is 3. The van der Waals surface area contributed by atoms with E-state index in [1.807, 2.05) is 6.92 Å². The van der Waals surface area contributed by atoms with Crippen molar-refractivity contribution in [2.24, 2.45) is 0 Å². The van der Waals surface area contributed by atoms with E-state index in [0.717, 1.165) is 21.5 Å². The normalized spacial score (nSPS) is 18.1. The zero-order valence-corrected chi connectivity index (χ0v) is 12.6. The van der Waals surface area contributed by atoms with Gasteiger partial charge < -0.3 is 11.1 Å². The average Bonchev–Trinajstić information content (AvgIpc) is 2.32. The van der Waals surface area contributed by atoms with Crippen molar-refractivity contribution in [1.29, 1.82) is 0 Å². The van der Waals surface area contributed by atoms with Crippen molar-refractivity contribution >= 4 is 27.4 Å². The molecule has 1 aliphatic rings. The molecular weight excluding hydrogens is 290 g/mol. The quantitative estimate of drug-likeness (QED) is 0.858. The molecule has 0 spiro atoms. The van der Waals surface area contributed by atoms with Crippen LogP contribution >= 0.6 is 15.9 Å². The van der Waals surface area contributed by atoms with E-state index in [1.54, 1.807) is 6.20 Å². The summed E-state index contributed by atoms with van der Waals surface area (Å²) in [6.07, 6.45) is 11.0. The number of nitrogens with one attached hydrogen (secondary N) is 1. The summed E-state index contributed by atoms with van der Waals surface area (Å²) in [5, 5.41) is 3.57. The highest BCUT2D eigenvalue weighted by molar-refractivity contribution is 9.10. The number of hydrogen-bond donors (Lipinski definition) is 2. The molecule has 1 saturated carbocycles. The maximum Gasteiger partial charge on any atom is 0.140 e. The molecule has 1 aromatic heterocycles.